The number of nitrogens with two attached hydrogens (primary N) is 1. The molecule has 1 heterocycles. The fourth-order valence-electron chi connectivity index (χ4n) is 2.02. The quantitative estimate of drug-likeness (QED) is 0.839. The van der Waals surface area contributed by atoms with Gasteiger partial charge in [-0.3, -0.25) is 0 Å². The van der Waals surface area contributed by atoms with E-state index in [1.54, 1.807) is 6.07 Å². The third-order valence-electron chi connectivity index (χ3n) is 2.83. The van der Waals surface area contributed by atoms with Crippen LogP contribution in [0, 0.1) is 13.8 Å². The number of nitrogen functional groups attached to an aromatic ring is 1. The molecule has 5 heteroatoms. The van der Waals surface area contributed by atoms with Gasteiger partial charge in [0, 0.05) is 5.69 Å². The molecule has 5 nitrogen and oxygen atoms in total. The van der Waals surface area contributed by atoms with E-state index < -0.39 is 5.97 Å². The number of hydrogen-bond acceptors (Lipinski definition) is 5. The number of hydrogen-bond donors (Lipinski definition) is 2. The Morgan fingerprint density at radius 3 is 2.45 bits per heavy atom. The van der Waals surface area contributed by atoms with Crippen molar-refractivity contribution in [2.45, 2.75) is 13.8 Å². The minimum atomic E-state index is -0.478. The number of esters is 1. The van der Waals surface area contributed by atoms with E-state index in [1.807, 2.05) is 26.0 Å². The summed E-state index contributed by atoms with van der Waals surface area (Å²) >= 11 is 0. The Bertz CT molecular complexity index is 633. The zero-order valence-corrected chi connectivity index (χ0v) is 11.7. The van der Waals surface area contributed by atoms with Gasteiger partial charge in [-0.25, -0.2) is 9.78 Å². The van der Waals surface area contributed by atoms with E-state index in [0.717, 1.165) is 16.8 Å². The van der Waals surface area contributed by atoms with Crippen LogP contribution in [0.1, 0.15) is 21.5 Å². The second-order valence-corrected chi connectivity index (χ2v) is 4.65. The first-order valence-corrected chi connectivity index (χ1v) is 6.19. The Kier molecular flexibility index (Phi) is 3.89. The molecular formula is C15H17N3O2. The highest BCUT2D eigenvalue weighted by Gasteiger charge is 2.11. The smallest absolute Gasteiger partial charge is 0.340 e. The first kappa shape index (κ1) is 13.9. The van der Waals surface area contributed by atoms with E-state index in [9.17, 15) is 4.79 Å². The molecule has 3 N–H and O–H groups in total. The van der Waals surface area contributed by atoms with Gasteiger partial charge in [-0.2, -0.15) is 0 Å². The van der Waals surface area contributed by atoms with Crippen molar-refractivity contribution in [1.82, 2.24) is 4.98 Å². The van der Waals surface area contributed by atoms with E-state index in [-0.39, 0.29) is 0 Å². The number of pyridine rings is 1. The molecule has 0 radical (unpaired) electrons. The average molecular weight is 271 g/mol. The molecule has 0 spiro atoms. The Hall–Kier alpha value is -2.56. The number of benzene rings is 1. The van der Waals surface area contributed by atoms with E-state index in [1.165, 1.54) is 13.3 Å². The van der Waals surface area contributed by atoms with Crippen LogP contribution < -0.4 is 11.1 Å². The maximum Gasteiger partial charge on any atom is 0.340 e. The zero-order chi connectivity index (χ0) is 14.7. The van der Waals surface area contributed by atoms with Crippen molar-refractivity contribution in [3.8, 4) is 0 Å². The lowest BCUT2D eigenvalue weighted by Gasteiger charge is -2.10. The molecule has 0 fully saturated rings. The Morgan fingerprint density at radius 1 is 1.20 bits per heavy atom. The first-order valence-electron chi connectivity index (χ1n) is 6.19. The van der Waals surface area contributed by atoms with Gasteiger partial charge < -0.3 is 15.8 Å². The van der Waals surface area contributed by atoms with Crippen LogP contribution in [-0.4, -0.2) is 18.1 Å². The lowest BCUT2D eigenvalue weighted by molar-refractivity contribution is 0.0602. The molecule has 0 amide bonds. The van der Waals surface area contributed by atoms with Crippen LogP contribution in [-0.2, 0) is 4.74 Å². The molecule has 0 bridgehead atoms. The fourth-order valence-corrected chi connectivity index (χ4v) is 2.02. The number of carbonyl (C=O) groups is 1. The molecule has 0 aliphatic heterocycles. The van der Waals surface area contributed by atoms with E-state index in [0.29, 0.717) is 17.1 Å². The summed E-state index contributed by atoms with van der Waals surface area (Å²) in [6.45, 7) is 4.04. The molecule has 1 aromatic heterocycles. The third kappa shape index (κ3) is 3.06. The summed E-state index contributed by atoms with van der Waals surface area (Å²) in [5.41, 5.74) is 9.52. The van der Waals surface area contributed by atoms with Gasteiger partial charge in [-0.15, -0.1) is 0 Å². The summed E-state index contributed by atoms with van der Waals surface area (Å²) in [5.74, 6) is 0.0676. The van der Waals surface area contributed by atoms with Crippen LogP contribution in [0.3, 0.4) is 0 Å². The van der Waals surface area contributed by atoms with Crippen molar-refractivity contribution >= 4 is 23.2 Å². The average Bonchev–Trinajstić information content (AvgIpc) is 2.39. The highest BCUT2D eigenvalue weighted by molar-refractivity contribution is 5.95. The number of nitrogens with zero attached hydrogens (tertiary/aromatic N) is 1. The summed E-state index contributed by atoms with van der Waals surface area (Å²) in [6.07, 6.45) is 1.44. The standard InChI is InChI=1S/C15H17N3O2/c1-9-4-10(2)6-11(5-9)18-14-7-12(15(19)20-3)13(16)8-17-14/h4-8H,16H2,1-3H3,(H,17,18). The largest absolute Gasteiger partial charge is 0.465 e. The van der Waals surface area contributed by atoms with Crippen molar-refractivity contribution in [3.63, 3.8) is 0 Å². The molecule has 0 aliphatic carbocycles. The fraction of sp³-hybridized carbons (Fsp3) is 0.200. The second-order valence-electron chi connectivity index (χ2n) is 4.65. The molecule has 0 aliphatic rings. The number of aryl methyl sites for hydroxylation is 2. The number of aromatic nitrogens is 1. The van der Waals surface area contributed by atoms with E-state index in [2.05, 4.69) is 21.1 Å². The minimum absolute atomic E-state index is 0.294. The van der Waals surface area contributed by atoms with Crippen molar-refractivity contribution in [1.29, 1.82) is 0 Å². The number of nitrogens with one attached hydrogen (secondary N) is 1. The SMILES string of the molecule is COC(=O)c1cc(Nc2cc(C)cc(C)c2)ncc1N. The summed E-state index contributed by atoms with van der Waals surface area (Å²) in [5, 5.41) is 3.16. The van der Waals surface area contributed by atoms with Crippen LogP contribution in [0.5, 0.6) is 0 Å². The van der Waals surface area contributed by atoms with Gasteiger partial charge in [0.25, 0.3) is 0 Å². The van der Waals surface area contributed by atoms with Gasteiger partial charge in [0.2, 0.25) is 0 Å². The molecule has 0 saturated carbocycles. The highest BCUT2D eigenvalue weighted by atomic mass is 16.5. The van der Waals surface area contributed by atoms with Gasteiger partial charge in [-0.1, -0.05) is 6.07 Å². The Morgan fingerprint density at radius 2 is 1.85 bits per heavy atom. The minimum Gasteiger partial charge on any atom is -0.465 e. The zero-order valence-electron chi connectivity index (χ0n) is 11.7. The van der Waals surface area contributed by atoms with E-state index in [4.69, 9.17) is 5.73 Å². The van der Waals surface area contributed by atoms with E-state index >= 15 is 0 Å². The number of methoxy groups -OCH3 is 1. The molecule has 0 saturated heterocycles. The van der Waals surface area contributed by atoms with Crippen molar-refractivity contribution in [2.75, 3.05) is 18.2 Å². The van der Waals surface area contributed by atoms with Crippen molar-refractivity contribution < 1.29 is 9.53 Å². The maximum absolute atomic E-state index is 11.6. The first-order chi connectivity index (χ1) is 9.49. The Labute approximate surface area is 117 Å². The summed E-state index contributed by atoms with van der Waals surface area (Å²) in [4.78, 5) is 15.8. The molecule has 2 rings (SSSR count). The monoisotopic (exact) mass is 271 g/mol. The topological polar surface area (TPSA) is 77.2 Å². The number of rotatable bonds is 3. The van der Waals surface area contributed by atoms with Gasteiger partial charge in [0.1, 0.15) is 5.82 Å². The predicted octanol–water partition coefficient (Wildman–Crippen LogP) is 2.81. The van der Waals surface area contributed by atoms with Crippen molar-refractivity contribution in [2.24, 2.45) is 0 Å². The Balaban J connectivity index is 2.32. The summed E-state index contributed by atoms with van der Waals surface area (Å²) in [6, 6.07) is 7.67. The third-order valence-corrected chi connectivity index (χ3v) is 2.83. The van der Waals surface area contributed by atoms with Gasteiger partial charge in [0.15, 0.2) is 0 Å². The van der Waals surface area contributed by atoms with Crippen molar-refractivity contribution in [3.05, 3.63) is 47.2 Å². The van der Waals surface area contributed by atoms with Crippen LogP contribution in [0.25, 0.3) is 0 Å². The molecule has 1 aromatic carbocycles. The molecule has 0 atom stereocenters. The second kappa shape index (κ2) is 5.61. The number of anilines is 3. The number of ether oxygens (including phenoxy) is 1. The highest BCUT2D eigenvalue weighted by Crippen LogP contribution is 2.21. The lowest BCUT2D eigenvalue weighted by Crippen LogP contribution is -2.07. The molecular weight excluding hydrogens is 254 g/mol. The lowest BCUT2D eigenvalue weighted by atomic mass is 10.1. The maximum atomic E-state index is 11.6. The van der Waals surface area contributed by atoms with Crippen LogP contribution in [0.4, 0.5) is 17.2 Å². The molecule has 2 aromatic rings. The van der Waals surface area contributed by atoms with Gasteiger partial charge >= 0.3 is 5.97 Å². The van der Waals surface area contributed by atoms with Gasteiger partial charge in [0.05, 0.1) is 24.6 Å². The van der Waals surface area contributed by atoms with Crippen LogP contribution in [0.2, 0.25) is 0 Å². The normalized spacial score (nSPS) is 10.2. The predicted molar refractivity (Wildman–Crippen MR) is 79.2 cm³/mol. The summed E-state index contributed by atoms with van der Waals surface area (Å²) < 4.78 is 4.69. The molecule has 104 valence electrons. The molecule has 0 unspecified atom stereocenters. The van der Waals surface area contributed by atoms with Crippen LogP contribution >= 0.6 is 0 Å². The van der Waals surface area contributed by atoms with Gasteiger partial charge in [-0.05, 0) is 43.2 Å². The summed E-state index contributed by atoms with van der Waals surface area (Å²) in [7, 11) is 1.32. The number of carbonyl (C=O) groups excluding carboxylic acids is 1. The van der Waals surface area contributed by atoms with Crippen LogP contribution in [0.15, 0.2) is 30.5 Å². The molecule has 20 heavy (non-hydrogen) atoms.